The van der Waals surface area contributed by atoms with Crippen LogP contribution >= 0.6 is 11.6 Å². The van der Waals surface area contributed by atoms with E-state index in [1.165, 1.54) is 11.1 Å². The SMILES string of the molecule is CN(C)C(=O)CN(C)c1ncc(Cl)cc1N. The van der Waals surface area contributed by atoms with Crippen LogP contribution in [0.15, 0.2) is 12.3 Å². The Morgan fingerprint density at radius 2 is 2.12 bits per heavy atom. The summed E-state index contributed by atoms with van der Waals surface area (Å²) in [7, 11) is 5.16. The molecule has 1 amide bonds. The zero-order valence-corrected chi connectivity index (χ0v) is 10.3. The average molecular weight is 243 g/mol. The number of anilines is 2. The number of amides is 1. The highest BCUT2D eigenvalue weighted by molar-refractivity contribution is 6.30. The van der Waals surface area contributed by atoms with Gasteiger partial charge in [0, 0.05) is 27.3 Å². The third kappa shape index (κ3) is 3.00. The molecule has 1 heterocycles. The molecule has 1 aromatic heterocycles. The maximum Gasteiger partial charge on any atom is 0.241 e. The lowest BCUT2D eigenvalue weighted by Gasteiger charge is -2.21. The standard InChI is InChI=1S/C10H15ClN4O/c1-14(2)9(16)6-15(3)10-8(12)4-7(11)5-13-10/h4-5H,6,12H2,1-3H3. The highest BCUT2D eigenvalue weighted by Gasteiger charge is 2.12. The molecule has 0 aliphatic heterocycles. The summed E-state index contributed by atoms with van der Waals surface area (Å²) >= 11 is 5.74. The van der Waals surface area contributed by atoms with Gasteiger partial charge in [0.05, 0.1) is 17.3 Å². The van der Waals surface area contributed by atoms with Crippen LogP contribution < -0.4 is 10.6 Å². The molecule has 1 rings (SSSR count). The maximum atomic E-state index is 11.5. The molecule has 5 nitrogen and oxygen atoms in total. The molecular weight excluding hydrogens is 228 g/mol. The molecule has 0 bridgehead atoms. The number of carbonyl (C=O) groups excluding carboxylic acids is 1. The Hall–Kier alpha value is -1.49. The van der Waals surface area contributed by atoms with E-state index >= 15 is 0 Å². The van der Waals surface area contributed by atoms with Crippen molar-refractivity contribution in [1.29, 1.82) is 0 Å². The average Bonchev–Trinajstić information content (AvgIpc) is 2.16. The number of hydrogen-bond acceptors (Lipinski definition) is 4. The first kappa shape index (κ1) is 12.6. The number of pyridine rings is 1. The summed E-state index contributed by atoms with van der Waals surface area (Å²) in [6, 6.07) is 1.61. The molecule has 0 aliphatic rings. The summed E-state index contributed by atoms with van der Waals surface area (Å²) < 4.78 is 0. The number of likely N-dealkylation sites (N-methyl/N-ethyl adjacent to an activating group) is 2. The van der Waals surface area contributed by atoms with E-state index in [9.17, 15) is 4.79 Å². The van der Waals surface area contributed by atoms with Crippen LogP contribution in [0, 0.1) is 0 Å². The second-order valence-corrected chi connectivity index (χ2v) is 4.15. The van der Waals surface area contributed by atoms with Crippen molar-refractivity contribution in [1.82, 2.24) is 9.88 Å². The fraction of sp³-hybridized carbons (Fsp3) is 0.400. The summed E-state index contributed by atoms with van der Waals surface area (Å²) in [5.41, 5.74) is 6.22. The van der Waals surface area contributed by atoms with Crippen molar-refractivity contribution < 1.29 is 4.79 Å². The van der Waals surface area contributed by atoms with Crippen LogP contribution in [0.4, 0.5) is 11.5 Å². The number of nitrogens with two attached hydrogens (primary N) is 1. The number of aromatic nitrogens is 1. The van der Waals surface area contributed by atoms with Gasteiger partial charge >= 0.3 is 0 Å². The Morgan fingerprint density at radius 3 is 2.62 bits per heavy atom. The summed E-state index contributed by atoms with van der Waals surface area (Å²) in [5.74, 6) is 0.540. The van der Waals surface area contributed by atoms with Crippen LogP contribution in [0.3, 0.4) is 0 Å². The number of nitrogen functional groups attached to an aromatic ring is 1. The van der Waals surface area contributed by atoms with Crippen LogP contribution in [0.25, 0.3) is 0 Å². The molecule has 2 N–H and O–H groups in total. The van der Waals surface area contributed by atoms with Gasteiger partial charge in [-0.25, -0.2) is 4.98 Å². The van der Waals surface area contributed by atoms with E-state index in [2.05, 4.69) is 4.98 Å². The van der Waals surface area contributed by atoms with Gasteiger partial charge in [-0.05, 0) is 6.07 Å². The van der Waals surface area contributed by atoms with Gasteiger partial charge in [-0.3, -0.25) is 4.79 Å². The second kappa shape index (κ2) is 5.03. The van der Waals surface area contributed by atoms with E-state index in [0.717, 1.165) is 0 Å². The molecule has 0 atom stereocenters. The van der Waals surface area contributed by atoms with Gasteiger partial charge in [0.15, 0.2) is 5.82 Å². The van der Waals surface area contributed by atoms with Gasteiger partial charge in [-0.1, -0.05) is 11.6 Å². The topological polar surface area (TPSA) is 62.5 Å². The van der Waals surface area contributed by atoms with Gasteiger partial charge in [-0.2, -0.15) is 0 Å². The van der Waals surface area contributed by atoms with Gasteiger partial charge in [-0.15, -0.1) is 0 Å². The van der Waals surface area contributed by atoms with Gasteiger partial charge in [0.1, 0.15) is 0 Å². The molecule has 0 aliphatic carbocycles. The van der Waals surface area contributed by atoms with E-state index in [1.807, 2.05) is 0 Å². The minimum absolute atomic E-state index is 0.0151. The van der Waals surface area contributed by atoms with E-state index in [1.54, 1.807) is 32.1 Å². The molecule has 0 radical (unpaired) electrons. The largest absolute Gasteiger partial charge is 0.396 e. The van der Waals surface area contributed by atoms with Crippen molar-refractivity contribution in [2.75, 3.05) is 38.3 Å². The summed E-state index contributed by atoms with van der Waals surface area (Å²) in [6.45, 7) is 0.228. The van der Waals surface area contributed by atoms with Crippen molar-refractivity contribution in [3.8, 4) is 0 Å². The predicted molar refractivity (Wildman–Crippen MR) is 65.6 cm³/mol. The van der Waals surface area contributed by atoms with Gasteiger partial charge in [0.25, 0.3) is 0 Å². The number of halogens is 1. The molecule has 16 heavy (non-hydrogen) atoms. The van der Waals surface area contributed by atoms with Crippen molar-refractivity contribution >= 4 is 29.0 Å². The molecule has 6 heteroatoms. The molecule has 0 spiro atoms. The first-order valence-electron chi connectivity index (χ1n) is 4.74. The number of carbonyl (C=O) groups is 1. The van der Waals surface area contributed by atoms with Crippen LogP contribution in [0.5, 0.6) is 0 Å². The van der Waals surface area contributed by atoms with Crippen molar-refractivity contribution in [3.05, 3.63) is 17.3 Å². The monoisotopic (exact) mass is 242 g/mol. The Morgan fingerprint density at radius 1 is 1.50 bits per heavy atom. The first-order valence-corrected chi connectivity index (χ1v) is 5.12. The highest BCUT2D eigenvalue weighted by Crippen LogP contribution is 2.22. The quantitative estimate of drug-likeness (QED) is 0.853. The predicted octanol–water partition coefficient (Wildman–Crippen LogP) is 0.842. The third-order valence-electron chi connectivity index (χ3n) is 2.09. The second-order valence-electron chi connectivity index (χ2n) is 3.71. The minimum atomic E-state index is -0.0151. The van der Waals surface area contributed by atoms with E-state index in [-0.39, 0.29) is 12.5 Å². The van der Waals surface area contributed by atoms with Crippen LogP contribution in [0.2, 0.25) is 5.02 Å². The Kier molecular flexibility index (Phi) is 3.95. The lowest BCUT2D eigenvalue weighted by Crippen LogP contribution is -2.35. The van der Waals surface area contributed by atoms with E-state index < -0.39 is 0 Å². The molecule has 0 saturated heterocycles. The van der Waals surface area contributed by atoms with E-state index in [0.29, 0.717) is 16.5 Å². The molecule has 1 aromatic rings. The molecular formula is C10H15ClN4O. The highest BCUT2D eigenvalue weighted by atomic mass is 35.5. The number of nitrogens with zero attached hydrogens (tertiary/aromatic N) is 3. The van der Waals surface area contributed by atoms with Crippen molar-refractivity contribution in [2.24, 2.45) is 0 Å². The van der Waals surface area contributed by atoms with Crippen molar-refractivity contribution in [3.63, 3.8) is 0 Å². The summed E-state index contributed by atoms with van der Waals surface area (Å²) in [5, 5.41) is 0.480. The van der Waals surface area contributed by atoms with E-state index in [4.69, 9.17) is 17.3 Å². The lowest BCUT2D eigenvalue weighted by atomic mass is 10.3. The first-order chi connectivity index (χ1) is 7.41. The minimum Gasteiger partial charge on any atom is -0.396 e. The molecule has 0 saturated carbocycles. The third-order valence-corrected chi connectivity index (χ3v) is 2.30. The molecule has 0 aromatic carbocycles. The molecule has 0 unspecified atom stereocenters. The summed E-state index contributed by atoms with van der Waals surface area (Å²) in [6.07, 6.45) is 1.50. The summed E-state index contributed by atoms with van der Waals surface area (Å²) in [4.78, 5) is 18.8. The van der Waals surface area contributed by atoms with Gasteiger partial charge < -0.3 is 15.5 Å². The number of hydrogen-bond donors (Lipinski definition) is 1. The van der Waals surface area contributed by atoms with Crippen LogP contribution in [-0.2, 0) is 4.79 Å². The van der Waals surface area contributed by atoms with Gasteiger partial charge in [0.2, 0.25) is 5.91 Å². The number of rotatable bonds is 3. The Balaban J connectivity index is 2.80. The van der Waals surface area contributed by atoms with Crippen LogP contribution in [0.1, 0.15) is 0 Å². The Bertz CT molecular complexity index is 394. The molecule has 0 fully saturated rings. The smallest absolute Gasteiger partial charge is 0.241 e. The molecule has 88 valence electrons. The van der Waals surface area contributed by atoms with Crippen LogP contribution in [-0.4, -0.2) is 43.5 Å². The lowest BCUT2D eigenvalue weighted by molar-refractivity contribution is -0.127. The fourth-order valence-corrected chi connectivity index (χ4v) is 1.35. The normalized spacial score (nSPS) is 10.0. The van der Waals surface area contributed by atoms with Crippen molar-refractivity contribution in [2.45, 2.75) is 0 Å². The zero-order valence-electron chi connectivity index (χ0n) is 9.57. The maximum absolute atomic E-state index is 11.5. The fourth-order valence-electron chi connectivity index (χ4n) is 1.19. The Labute approximate surface area is 99.8 Å². The zero-order chi connectivity index (χ0) is 12.3.